The van der Waals surface area contributed by atoms with Crippen molar-refractivity contribution >= 4 is 70.3 Å². The quantitative estimate of drug-likeness (QED) is 0.0122. The van der Waals surface area contributed by atoms with Gasteiger partial charge in [0.15, 0.2) is 11.6 Å². The first-order chi connectivity index (χ1) is 54.6. The number of carbonyl (C=O) groups excluding carboxylic acids is 8. The van der Waals surface area contributed by atoms with E-state index in [1.165, 1.54) is 22.0 Å². The topological polar surface area (TPSA) is 416 Å². The van der Waals surface area contributed by atoms with Gasteiger partial charge in [0.1, 0.15) is 48.5 Å². The number of pyridine rings is 1. The molecule has 5 aliphatic heterocycles. The fourth-order valence-electron chi connectivity index (χ4n) is 16.5. The van der Waals surface area contributed by atoms with Crippen molar-refractivity contribution in [1.29, 1.82) is 5.26 Å². The molecular formula is C82H101N17O14. The molecule has 31 heteroatoms. The molecule has 2 saturated carbocycles. The fraction of sp³-hybridized carbons (Fsp3) is 0.500. The molecule has 0 radical (unpaired) electrons. The molecule has 3 aromatic heterocycles. The summed E-state index contributed by atoms with van der Waals surface area (Å²) in [6, 6.07) is 28.8. The molecule has 3 aromatic carbocycles. The van der Waals surface area contributed by atoms with Crippen LogP contribution < -0.4 is 57.2 Å². The standard InChI is InChI=1S/C82H101N17O14/c1-50(2)74(78(105)98-48-59(100)40-67(98)77(104)89-51(3)54-18-14-52(45-83)15-19-54)69-44-71(93-113-69)109-38-37-94-35-27-60(28-36-94)111-61-41-62(42-61)112-70-39-56(26-32-87-70)99-57-22-23-58(99)47-95(46-57)66-43-64(91-92-75(66)84)63-11-5-6-13-68(63)110-49-53-16-20-55(21-17-53)90-76(103)65(12-9-31-88-81(86)108)96(80(107)82(79(85)106)29-10-30-82)33-7-4-8-34-97-72(101)24-25-73(97)102/h5-6,11,13-21,24-26,32,39,43-44,50-51,57-62,65,67,74,100H,4,7-10,12,22-23,27-31,33-38,40-42,46-49H2,1-3H3,(H2,84,92)(H2,85,106)(H,89,104)(H,90,103)(H3,86,88,108)/t51-,57?,58?,59+,61-,62-,65-,67-,74+/m0/s1. The number of fused-ring (bicyclic) bond motifs is 2. The molecule has 2 unspecified atom stereocenters. The number of likely N-dealkylation sites (tertiary alicyclic amines) is 2. The van der Waals surface area contributed by atoms with Gasteiger partial charge in [-0.05, 0) is 148 Å². The Balaban J connectivity index is 0.549. The number of nitriles is 1. The first-order valence-corrected chi connectivity index (χ1v) is 39.4. The molecule has 8 heterocycles. The SMILES string of the molecule is CC(C)[C@@H](C(=O)N1C[C@H](O)C[C@H]1C(=O)N[C@@H](C)c1ccc(C#N)cc1)c1cc(OCCN2CCC(O[C@H]3C[C@H](Oc4cc(N5C6CCC5CN(c5cc(-c7ccccc7OCc7ccc(NC(=O)[C@H](CCCNC(N)=O)N(CCCCCN8C(=O)C=CC8=O)C(=O)C8(C(N)=O)CCC8)cc7)nnc5N)C6)ccn4)C3)CC2)no1. The number of unbranched alkanes of at least 4 members (excludes halogenated alkanes) is 2. The summed E-state index contributed by atoms with van der Waals surface area (Å²) >= 11 is 0. The number of para-hydroxylation sites is 1. The third kappa shape index (κ3) is 18.9. The number of nitrogens with one attached hydrogen (secondary N) is 3. The number of hydrogen-bond donors (Lipinski definition) is 7. The number of imide groups is 1. The number of anilines is 4. The average molecular weight is 1550 g/mol. The minimum atomic E-state index is -1.46. The number of piperazine rings is 1. The number of benzene rings is 3. The summed E-state index contributed by atoms with van der Waals surface area (Å²) < 4.78 is 31.4. The minimum Gasteiger partial charge on any atom is -0.488 e. The number of amides is 9. The number of aromatic nitrogens is 4. The van der Waals surface area contributed by atoms with Crippen molar-refractivity contribution in [2.45, 2.75) is 184 Å². The Bertz CT molecular complexity index is 4450. The van der Waals surface area contributed by atoms with E-state index >= 15 is 0 Å². The number of urea groups is 1. The maximum absolute atomic E-state index is 14.5. The van der Waals surface area contributed by atoms with E-state index in [0.717, 1.165) is 84.6 Å². The third-order valence-corrected chi connectivity index (χ3v) is 23.0. The lowest BCUT2D eigenvalue weighted by molar-refractivity contribution is -0.159. The summed E-state index contributed by atoms with van der Waals surface area (Å²) in [5, 5.41) is 41.6. The number of nitrogens with two attached hydrogens (primary N) is 3. The van der Waals surface area contributed by atoms with Crippen LogP contribution in [0.3, 0.4) is 0 Å². The molecule has 2 aliphatic carbocycles. The lowest BCUT2D eigenvalue weighted by atomic mass is 9.67. The number of aliphatic hydroxyl groups excluding tert-OH is 1. The maximum atomic E-state index is 14.5. The van der Waals surface area contributed by atoms with Crippen LogP contribution in [0, 0.1) is 22.7 Å². The van der Waals surface area contributed by atoms with Crippen molar-refractivity contribution < 1.29 is 66.9 Å². The number of rotatable bonds is 35. The molecule has 9 amide bonds. The first kappa shape index (κ1) is 79.8. The van der Waals surface area contributed by atoms with Gasteiger partial charge >= 0.3 is 6.03 Å². The van der Waals surface area contributed by atoms with Gasteiger partial charge in [0.25, 0.3) is 17.7 Å². The van der Waals surface area contributed by atoms with E-state index in [1.54, 1.807) is 42.5 Å². The van der Waals surface area contributed by atoms with Crippen molar-refractivity contribution in [2.24, 2.45) is 22.8 Å². The summed E-state index contributed by atoms with van der Waals surface area (Å²) in [5.74, 6) is -2.18. The largest absolute Gasteiger partial charge is 0.488 e. The van der Waals surface area contributed by atoms with Crippen LogP contribution in [-0.2, 0) is 44.9 Å². The van der Waals surface area contributed by atoms with Gasteiger partial charge in [0.2, 0.25) is 35.4 Å². The van der Waals surface area contributed by atoms with E-state index in [1.807, 2.05) is 69.4 Å². The second-order valence-electron chi connectivity index (χ2n) is 31.0. The zero-order valence-corrected chi connectivity index (χ0v) is 64.1. The van der Waals surface area contributed by atoms with Gasteiger partial charge in [-0.3, -0.25) is 43.4 Å². The Morgan fingerprint density at radius 2 is 1.53 bits per heavy atom. The fourth-order valence-corrected chi connectivity index (χ4v) is 16.5. The summed E-state index contributed by atoms with van der Waals surface area (Å²) in [4.78, 5) is 121. The summed E-state index contributed by atoms with van der Waals surface area (Å²) in [6.07, 6.45) is 11.9. The van der Waals surface area contributed by atoms with E-state index in [2.05, 4.69) is 69.2 Å². The van der Waals surface area contributed by atoms with Crippen LogP contribution in [0.2, 0.25) is 0 Å². The Morgan fingerprint density at radius 3 is 2.22 bits per heavy atom. The van der Waals surface area contributed by atoms with Crippen LogP contribution in [-0.4, -0.2) is 207 Å². The van der Waals surface area contributed by atoms with E-state index in [4.69, 9.17) is 40.7 Å². The van der Waals surface area contributed by atoms with Gasteiger partial charge in [-0.1, -0.05) is 56.7 Å². The van der Waals surface area contributed by atoms with Gasteiger partial charge in [-0.25, -0.2) is 9.78 Å². The molecule has 10 N–H and O–H groups in total. The molecule has 13 rings (SSSR count). The van der Waals surface area contributed by atoms with Crippen molar-refractivity contribution in [3.8, 4) is 34.8 Å². The second kappa shape index (κ2) is 36.1. The normalized spacial score (nSPS) is 21.4. The van der Waals surface area contributed by atoms with Crippen molar-refractivity contribution in [2.75, 3.05) is 86.4 Å². The molecule has 598 valence electrons. The summed E-state index contributed by atoms with van der Waals surface area (Å²) in [7, 11) is 0. The van der Waals surface area contributed by atoms with E-state index in [9.17, 15) is 48.7 Å². The molecular weight excluding hydrogens is 1450 g/mol. The van der Waals surface area contributed by atoms with Crippen molar-refractivity contribution in [3.63, 3.8) is 0 Å². The molecule has 113 heavy (non-hydrogen) atoms. The predicted molar refractivity (Wildman–Crippen MR) is 416 cm³/mol. The number of carbonyl (C=O) groups is 8. The number of nitrogens with zero attached hydrogens (tertiary/aromatic N) is 11. The van der Waals surface area contributed by atoms with Crippen LogP contribution in [0.1, 0.15) is 151 Å². The number of ether oxygens (including phenoxy) is 4. The van der Waals surface area contributed by atoms with Crippen LogP contribution in [0.4, 0.5) is 27.7 Å². The first-order valence-electron chi connectivity index (χ1n) is 39.4. The maximum Gasteiger partial charge on any atom is 0.312 e. The monoisotopic (exact) mass is 1550 g/mol. The number of primary amides is 2. The smallest absolute Gasteiger partial charge is 0.312 e. The molecule has 6 fully saturated rings. The lowest BCUT2D eigenvalue weighted by Gasteiger charge is -2.43. The number of piperidine rings is 1. The van der Waals surface area contributed by atoms with Crippen LogP contribution >= 0.6 is 0 Å². The molecule has 7 aliphatic rings. The van der Waals surface area contributed by atoms with E-state index in [-0.39, 0.29) is 131 Å². The highest BCUT2D eigenvalue weighted by atomic mass is 16.5. The Kier molecular flexibility index (Phi) is 25.5. The lowest BCUT2D eigenvalue weighted by Crippen LogP contribution is -2.59. The second-order valence-corrected chi connectivity index (χ2v) is 31.0. The van der Waals surface area contributed by atoms with Crippen molar-refractivity contribution in [1.82, 2.24) is 50.6 Å². The average Bonchev–Trinajstić information content (AvgIpc) is 1.64. The molecule has 31 nitrogen and oxygen atoms in total. The molecule has 0 spiro atoms. The Hall–Kier alpha value is -11.2. The van der Waals surface area contributed by atoms with Gasteiger partial charge in [-0.15, -0.1) is 10.2 Å². The van der Waals surface area contributed by atoms with E-state index in [0.29, 0.717) is 92.1 Å². The highest BCUT2D eigenvalue weighted by molar-refractivity contribution is 6.13. The summed E-state index contributed by atoms with van der Waals surface area (Å²) in [6.45, 7) is 10.4. The Morgan fingerprint density at radius 1 is 0.796 bits per heavy atom. The number of hydrogen-bond acceptors (Lipinski definition) is 23. The third-order valence-electron chi connectivity index (χ3n) is 23.0. The van der Waals surface area contributed by atoms with Crippen LogP contribution in [0.15, 0.2) is 120 Å². The zero-order chi connectivity index (χ0) is 79.5. The van der Waals surface area contributed by atoms with Crippen molar-refractivity contribution in [3.05, 3.63) is 138 Å². The molecule has 4 saturated heterocycles. The van der Waals surface area contributed by atoms with Gasteiger partial charge in [-0.2, -0.15) is 5.26 Å². The highest BCUT2D eigenvalue weighted by Crippen LogP contribution is 2.45. The van der Waals surface area contributed by atoms with Gasteiger partial charge < -0.3 is 81.3 Å². The zero-order valence-electron chi connectivity index (χ0n) is 64.1. The molecule has 7 atom stereocenters. The molecule has 6 aromatic rings. The minimum absolute atomic E-state index is 0.00966. The number of aliphatic hydroxyl groups is 1. The Labute approximate surface area is 656 Å². The predicted octanol–water partition coefficient (Wildman–Crippen LogP) is 6.80. The van der Waals surface area contributed by atoms with Crippen LogP contribution in [0.25, 0.3) is 11.3 Å². The van der Waals surface area contributed by atoms with Gasteiger partial charge in [0.05, 0.1) is 47.4 Å². The number of β-amino-alcohol motifs (C(OH)–C–C–N with tert-alkyl or cyclic N) is 1. The van der Waals surface area contributed by atoms with Gasteiger partial charge in [0, 0.05) is 138 Å². The highest BCUT2D eigenvalue weighted by Gasteiger charge is 2.53. The van der Waals surface area contributed by atoms with E-state index < -0.39 is 59.3 Å². The van der Waals surface area contributed by atoms with Crippen LogP contribution in [0.5, 0.6) is 17.5 Å². The molecule has 2 bridgehead atoms. The summed E-state index contributed by atoms with van der Waals surface area (Å²) in [5.41, 5.74) is 22.1. The number of nitrogen functional groups attached to an aromatic ring is 1.